The van der Waals surface area contributed by atoms with Crippen LogP contribution in [0.25, 0.3) is 0 Å². The molecule has 0 heterocycles. The minimum Gasteiger partial charge on any atom is -0.376 e. The Balaban J connectivity index is 2.57. The molecular weight excluding hydrogens is 220 g/mol. The summed E-state index contributed by atoms with van der Waals surface area (Å²) in [4.78, 5) is 0. The van der Waals surface area contributed by atoms with Gasteiger partial charge in [-0.25, -0.2) is 0 Å². The number of aliphatic hydroxyl groups is 1. The van der Waals surface area contributed by atoms with Crippen molar-refractivity contribution in [3.05, 3.63) is 48.0 Å². The maximum Gasteiger partial charge on any atom is 0.140 e. The molecule has 0 aliphatic rings. The molecule has 0 bridgehead atoms. The number of aliphatic hydroxyl groups excluding tert-OH is 1. The molecule has 0 spiro atoms. The third kappa shape index (κ3) is 5.94. The summed E-state index contributed by atoms with van der Waals surface area (Å²) in [6.45, 7) is 6.16. The van der Waals surface area contributed by atoms with E-state index in [0.29, 0.717) is 0 Å². The molecule has 0 radical (unpaired) electrons. The first-order valence-electron chi connectivity index (χ1n) is 5.91. The first-order valence-corrected chi connectivity index (χ1v) is 5.91. The zero-order chi connectivity index (χ0) is 13.4. The molecule has 18 heavy (non-hydrogen) atoms. The Hall–Kier alpha value is -1.96. The minimum absolute atomic E-state index is 0.00131. The normalized spacial score (nSPS) is 12.2. The molecule has 0 aromatic heterocycles. The van der Waals surface area contributed by atoms with Gasteiger partial charge in [0.2, 0.25) is 0 Å². The second-order valence-corrected chi connectivity index (χ2v) is 4.95. The minimum atomic E-state index is -0.744. The lowest BCUT2D eigenvalue weighted by Gasteiger charge is -2.05. The summed E-state index contributed by atoms with van der Waals surface area (Å²) in [7, 11) is 0. The smallest absolute Gasteiger partial charge is 0.140 e. The fourth-order valence-corrected chi connectivity index (χ4v) is 1.19. The zero-order valence-electron chi connectivity index (χ0n) is 11.1. The molecule has 0 amide bonds. The van der Waals surface area contributed by atoms with Gasteiger partial charge in [0.05, 0.1) is 0 Å². The Bertz CT molecular complexity index is 510. The van der Waals surface area contributed by atoms with Gasteiger partial charge < -0.3 is 5.11 Å². The number of hydrogen-bond acceptors (Lipinski definition) is 1. The molecule has 0 saturated heterocycles. The van der Waals surface area contributed by atoms with Crippen LogP contribution in [-0.2, 0) is 0 Å². The van der Waals surface area contributed by atoms with Gasteiger partial charge in [-0.2, -0.15) is 0 Å². The first-order chi connectivity index (χ1) is 8.49. The molecule has 1 N–H and O–H groups in total. The van der Waals surface area contributed by atoms with Crippen molar-refractivity contribution in [3.8, 4) is 23.7 Å². The molecule has 0 saturated carbocycles. The molecule has 1 heteroatoms. The molecular formula is C17H18O. The van der Waals surface area contributed by atoms with E-state index in [0.717, 1.165) is 5.56 Å². The van der Waals surface area contributed by atoms with Crippen LogP contribution in [0, 0.1) is 29.1 Å². The van der Waals surface area contributed by atoms with Crippen molar-refractivity contribution in [2.45, 2.75) is 26.9 Å². The molecule has 1 nitrogen and oxygen atoms in total. The molecule has 1 unspecified atom stereocenters. The van der Waals surface area contributed by atoms with Gasteiger partial charge in [0, 0.05) is 5.41 Å². The predicted molar refractivity (Wildman–Crippen MR) is 75.5 cm³/mol. The van der Waals surface area contributed by atoms with Gasteiger partial charge in [0.15, 0.2) is 0 Å². The first kappa shape index (κ1) is 14.1. The fourth-order valence-electron chi connectivity index (χ4n) is 1.19. The molecule has 0 fully saturated rings. The summed E-state index contributed by atoms with van der Waals surface area (Å²) in [6.07, 6.45) is 2.62. The van der Waals surface area contributed by atoms with Crippen molar-refractivity contribution in [1.82, 2.24) is 0 Å². The Kier molecular flexibility index (Phi) is 5.25. The number of rotatable bonds is 1. The topological polar surface area (TPSA) is 20.2 Å². The zero-order valence-corrected chi connectivity index (χ0v) is 11.1. The van der Waals surface area contributed by atoms with Gasteiger partial charge in [0.1, 0.15) is 6.10 Å². The second kappa shape index (κ2) is 6.70. The van der Waals surface area contributed by atoms with E-state index < -0.39 is 6.10 Å². The van der Waals surface area contributed by atoms with Crippen molar-refractivity contribution in [1.29, 1.82) is 0 Å². The summed E-state index contributed by atoms with van der Waals surface area (Å²) < 4.78 is 0. The van der Waals surface area contributed by atoms with Crippen LogP contribution in [0.5, 0.6) is 0 Å². The van der Waals surface area contributed by atoms with Crippen molar-refractivity contribution < 1.29 is 5.11 Å². The Morgan fingerprint density at radius 3 is 2.28 bits per heavy atom. The van der Waals surface area contributed by atoms with Gasteiger partial charge in [0.25, 0.3) is 0 Å². The van der Waals surface area contributed by atoms with E-state index in [-0.39, 0.29) is 5.41 Å². The Labute approximate surface area is 110 Å². The number of benzene rings is 1. The summed E-state index contributed by atoms with van der Waals surface area (Å²) in [5.74, 6) is 11.5. The maximum absolute atomic E-state index is 9.76. The molecule has 0 aliphatic carbocycles. The molecule has 1 rings (SSSR count). The van der Waals surface area contributed by atoms with Crippen molar-refractivity contribution >= 4 is 0 Å². The standard InChI is InChI=1S/C17H18O/c1-17(2,3)14-10-5-4-9-13-16(18)15-11-7-6-8-12-15/h4-8,11-12,16,18H,1-3H3/b5-4-. The highest BCUT2D eigenvalue weighted by Crippen LogP contribution is 2.10. The fraction of sp³-hybridized carbons (Fsp3) is 0.294. The van der Waals surface area contributed by atoms with Crippen LogP contribution in [-0.4, -0.2) is 5.11 Å². The van der Waals surface area contributed by atoms with Crippen LogP contribution in [0.2, 0.25) is 0 Å². The van der Waals surface area contributed by atoms with Crippen LogP contribution >= 0.6 is 0 Å². The van der Waals surface area contributed by atoms with Crippen LogP contribution in [0.4, 0.5) is 0 Å². The summed E-state index contributed by atoms with van der Waals surface area (Å²) >= 11 is 0. The lowest BCUT2D eigenvalue weighted by molar-refractivity contribution is 0.238. The monoisotopic (exact) mass is 238 g/mol. The molecule has 1 aromatic carbocycles. The quantitative estimate of drug-likeness (QED) is 0.744. The third-order valence-electron chi connectivity index (χ3n) is 2.03. The van der Waals surface area contributed by atoms with E-state index in [1.165, 1.54) is 0 Å². The van der Waals surface area contributed by atoms with E-state index in [1.54, 1.807) is 12.2 Å². The van der Waals surface area contributed by atoms with E-state index in [9.17, 15) is 5.11 Å². The SMILES string of the molecule is CC(C)(C)C#C/C=C\C#CC(O)c1ccccc1. The lowest BCUT2D eigenvalue weighted by Crippen LogP contribution is -1.98. The van der Waals surface area contributed by atoms with Crippen molar-refractivity contribution in [2.75, 3.05) is 0 Å². The highest BCUT2D eigenvalue weighted by Gasteiger charge is 2.02. The summed E-state index contributed by atoms with van der Waals surface area (Å²) in [5, 5.41) is 9.76. The van der Waals surface area contributed by atoms with Crippen LogP contribution in [0.3, 0.4) is 0 Å². The predicted octanol–water partition coefficient (Wildman–Crippen LogP) is 3.33. The highest BCUT2D eigenvalue weighted by molar-refractivity contribution is 5.30. The maximum atomic E-state index is 9.76. The lowest BCUT2D eigenvalue weighted by atomic mass is 9.98. The highest BCUT2D eigenvalue weighted by atomic mass is 16.3. The van der Waals surface area contributed by atoms with E-state index in [4.69, 9.17) is 0 Å². The van der Waals surface area contributed by atoms with Crippen molar-refractivity contribution in [3.63, 3.8) is 0 Å². The average Bonchev–Trinajstić information content (AvgIpc) is 2.33. The van der Waals surface area contributed by atoms with Gasteiger partial charge in [-0.3, -0.25) is 0 Å². The third-order valence-corrected chi connectivity index (χ3v) is 2.03. The van der Waals surface area contributed by atoms with Crippen molar-refractivity contribution in [2.24, 2.45) is 5.41 Å². The molecule has 1 aromatic rings. The van der Waals surface area contributed by atoms with Crippen LogP contribution in [0.15, 0.2) is 42.5 Å². The number of allylic oxidation sites excluding steroid dienone is 2. The molecule has 92 valence electrons. The van der Waals surface area contributed by atoms with Gasteiger partial charge >= 0.3 is 0 Å². The average molecular weight is 238 g/mol. The summed E-state index contributed by atoms with van der Waals surface area (Å²) in [6, 6.07) is 9.37. The largest absolute Gasteiger partial charge is 0.376 e. The number of hydrogen-bond donors (Lipinski definition) is 1. The van der Waals surface area contributed by atoms with E-state index >= 15 is 0 Å². The second-order valence-electron chi connectivity index (χ2n) is 4.95. The van der Waals surface area contributed by atoms with E-state index in [1.807, 2.05) is 30.3 Å². The molecule has 1 atom stereocenters. The Morgan fingerprint density at radius 1 is 1.06 bits per heavy atom. The van der Waals surface area contributed by atoms with Crippen LogP contribution in [0.1, 0.15) is 32.4 Å². The Morgan fingerprint density at radius 2 is 1.67 bits per heavy atom. The molecule has 0 aliphatic heterocycles. The van der Waals surface area contributed by atoms with Gasteiger partial charge in [-0.05, 0) is 38.5 Å². The van der Waals surface area contributed by atoms with Gasteiger partial charge in [-0.15, -0.1) is 0 Å². The van der Waals surface area contributed by atoms with E-state index in [2.05, 4.69) is 44.5 Å². The van der Waals surface area contributed by atoms with Crippen LogP contribution < -0.4 is 0 Å². The summed E-state index contributed by atoms with van der Waals surface area (Å²) in [5.41, 5.74) is 0.806. The van der Waals surface area contributed by atoms with Gasteiger partial charge in [-0.1, -0.05) is 54.0 Å².